The molecule has 28 heavy (non-hydrogen) atoms. The number of amides is 2. The topological polar surface area (TPSA) is 61.8 Å². The molecule has 2 aromatic rings. The fourth-order valence-electron chi connectivity index (χ4n) is 2.96. The zero-order valence-corrected chi connectivity index (χ0v) is 15.0. The number of hydrogen-bond acceptors (Lipinski definition) is 3. The molecule has 146 valence electrons. The van der Waals surface area contributed by atoms with E-state index >= 15 is 0 Å². The van der Waals surface area contributed by atoms with E-state index in [0.717, 1.165) is 4.90 Å². The van der Waals surface area contributed by atoms with Crippen LogP contribution >= 0.6 is 0 Å². The maximum Gasteiger partial charge on any atom is 0.442 e. The van der Waals surface area contributed by atoms with Crippen LogP contribution in [-0.2, 0) is 4.79 Å². The second kappa shape index (κ2) is 7.46. The molecule has 0 saturated heterocycles. The predicted molar refractivity (Wildman–Crippen MR) is 97.7 cm³/mol. The van der Waals surface area contributed by atoms with Crippen LogP contribution in [0.2, 0.25) is 0 Å². The molecule has 0 aromatic heterocycles. The first-order valence-electron chi connectivity index (χ1n) is 8.71. The van der Waals surface area contributed by atoms with E-state index in [0.29, 0.717) is 12.0 Å². The Kier molecular flexibility index (Phi) is 5.22. The molecule has 0 unspecified atom stereocenters. The summed E-state index contributed by atoms with van der Waals surface area (Å²) in [7, 11) is 0. The Labute approximate surface area is 159 Å². The lowest BCUT2D eigenvalue weighted by molar-refractivity contribution is -0.196. The lowest BCUT2D eigenvalue weighted by Crippen LogP contribution is -2.63. The van der Waals surface area contributed by atoms with E-state index in [4.69, 9.17) is 0 Å². The van der Waals surface area contributed by atoms with E-state index in [9.17, 15) is 22.8 Å². The number of carbonyl (C=O) groups is 2. The smallest absolute Gasteiger partial charge is 0.312 e. The first-order chi connectivity index (χ1) is 13.3. The third-order valence-corrected chi connectivity index (χ3v) is 4.30. The van der Waals surface area contributed by atoms with Gasteiger partial charge in [-0.25, -0.2) is 4.99 Å². The standard InChI is InChI=1S/C20H18F3N3O2/c1-2-13-26-16(14-9-5-3-6-10-14)24-19(18(26)28,20(21,22)23)25-17(27)15-11-7-4-8-12-15/h3-12H,2,13H2,1H3,(H,25,27)/t19-/m0/s1. The first-order valence-corrected chi connectivity index (χ1v) is 8.71. The average molecular weight is 389 g/mol. The molecule has 2 amide bonds. The largest absolute Gasteiger partial charge is 0.442 e. The number of nitrogens with zero attached hydrogens (tertiary/aromatic N) is 2. The highest BCUT2D eigenvalue weighted by molar-refractivity contribution is 6.16. The van der Waals surface area contributed by atoms with Gasteiger partial charge in [0.1, 0.15) is 5.84 Å². The van der Waals surface area contributed by atoms with Crippen molar-refractivity contribution in [3.05, 3.63) is 71.8 Å². The van der Waals surface area contributed by atoms with Crippen LogP contribution in [0.15, 0.2) is 65.7 Å². The maximum absolute atomic E-state index is 14.1. The van der Waals surface area contributed by atoms with Crippen molar-refractivity contribution in [3.63, 3.8) is 0 Å². The zero-order valence-electron chi connectivity index (χ0n) is 15.0. The summed E-state index contributed by atoms with van der Waals surface area (Å²) >= 11 is 0. The van der Waals surface area contributed by atoms with Crippen molar-refractivity contribution in [2.75, 3.05) is 6.54 Å². The summed E-state index contributed by atoms with van der Waals surface area (Å²) in [5.41, 5.74) is -2.99. The third-order valence-electron chi connectivity index (χ3n) is 4.30. The predicted octanol–water partition coefficient (Wildman–Crippen LogP) is 3.37. The Balaban J connectivity index is 2.10. The van der Waals surface area contributed by atoms with Gasteiger partial charge in [0.15, 0.2) is 0 Å². The van der Waals surface area contributed by atoms with Gasteiger partial charge in [-0.3, -0.25) is 14.5 Å². The lowest BCUT2D eigenvalue weighted by Gasteiger charge is -2.29. The molecule has 5 nitrogen and oxygen atoms in total. The Morgan fingerprint density at radius 2 is 1.64 bits per heavy atom. The van der Waals surface area contributed by atoms with Gasteiger partial charge in [-0.05, 0) is 18.6 Å². The molecule has 0 aliphatic carbocycles. The molecule has 0 bridgehead atoms. The Morgan fingerprint density at radius 3 is 2.18 bits per heavy atom. The molecule has 1 aliphatic heterocycles. The van der Waals surface area contributed by atoms with Crippen molar-refractivity contribution < 1.29 is 22.8 Å². The minimum absolute atomic E-state index is 0.00401. The first kappa shape index (κ1) is 19.6. The number of halogens is 3. The summed E-state index contributed by atoms with van der Waals surface area (Å²) in [6.07, 6.45) is -4.69. The van der Waals surface area contributed by atoms with E-state index in [1.54, 1.807) is 43.3 Å². The number of rotatable bonds is 5. The van der Waals surface area contributed by atoms with Crippen LogP contribution in [0.5, 0.6) is 0 Å². The highest BCUT2D eigenvalue weighted by atomic mass is 19.4. The number of hydrogen-bond donors (Lipinski definition) is 1. The number of benzene rings is 2. The summed E-state index contributed by atoms with van der Waals surface area (Å²) in [5.74, 6) is -2.45. The van der Waals surface area contributed by atoms with Gasteiger partial charge in [0.2, 0.25) is 0 Å². The monoisotopic (exact) mass is 389 g/mol. The number of carbonyl (C=O) groups excluding carboxylic acids is 2. The van der Waals surface area contributed by atoms with Crippen LogP contribution in [0.4, 0.5) is 13.2 Å². The van der Waals surface area contributed by atoms with Crippen molar-refractivity contribution >= 4 is 17.6 Å². The highest BCUT2D eigenvalue weighted by Crippen LogP contribution is 2.38. The molecular formula is C20H18F3N3O2. The second-order valence-electron chi connectivity index (χ2n) is 6.29. The minimum Gasteiger partial charge on any atom is -0.312 e. The molecule has 0 saturated carbocycles. The second-order valence-corrected chi connectivity index (χ2v) is 6.29. The summed E-state index contributed by atoms with van der Waals surface area (Å²) in [4.78, 5) is 30.1. The van der Waals surface area contributed by atoms with Crippen LogP contribution in [0, 0.1) is 0 Å². The fourth-order valence-corrected chi connectivity index (χ4v) is 2.96. The molecule has 1 atom stereocenters. The SMILES string of the molecule is CCCN1C(=O)[C@](NC(=O)c2ccccc2)(C(F)(F)F)N=C1c1ccccc1. The molecule has 2 aromatic carbocycles. The van der Waals surface area contributed by atoms with Crippen molar-refractivity contribution in [3.8, 4) is 0 Å². The molecule has 0 radical (unpaired) electrons. The van der Waals surface area contributed by atoms with Crippen molar-refractivity contribution in [1.29, 1.82) is 0 Å². The maximum atomic E-state index is 14.1. The van der Waals surface area contributed by atoms with E-state index < -0.39 is 23.7 Å². The molecular weight excluding hydrogens is 371 g/mol. The molecule has 1 aliphatic rings. The summed E-state index contributed by atoms with van der Waals surface area (Å²) in [6.45, 7) is 1.79. The van der Waals surface area contributed by atoms with E-state index in [2.05, 4.69) is 4.99 Å². The Bertz CT molecular complexity index is 898. The zero-order chi connectivity index (χ0) is 20.4. The summed E-state index contributed by atoms with van der Waals surface area (Å²) in [5, 5.41) is 1.84. The van der Waals surface area contributed by atoms with Gasteiger partial charge in [-0.2, -0.15) is 13.2 Å². The van der Waals surface area contributed by atoms with Crippen LogP contribution < -0.4 is 5.32 Å². The van der Waals surface area contributed by atoms with Gasteiger partial charge < -0.3 is 5.32 Å². The van der Waals surface area contributed by atoms with Gasteiger partial charge >= 0.3 is 11.8 Å². The number of nitrogens with one attached hydrogen (secondary N) is 1. The average Bonchev–Trinajstić information content (AvgIpc) is 2.97. The molecule has 0 spiro atoms. The van der Waals surface area contributed by atoms with Crippen LogP contribution in [-0.4, -0.2) is 40.9 Å². The highest BCUT2D eigenvalue weighted by Gasteiger charge is 2.67. The van der Waals surface area contributed by atoms with Crippen molar-refractivity contribution in [2.45, 2.75) is 25.2 Å². The van der Waals surface area contributed by atoms with Crippen LogP contribution in [0.3, 0.4) is 0 Å². The van der Waals surface area contributed by atoms with E-state index in [1.165, 1.54) is 24.3 Å². The number of amidine groups is 1. The number of aliphatic imine (C=N–C) groups is 1. The normalized spacial score (nSPS) is 19.5. The molecule has 1 N–H and O–H groups in total. The minimum atomic E-state index is -5.11. The quantitative estimate of drug-likeness (QED) is 0.852. The van der Waals surface area contributed by atoms with Crippen molar-refractivity contribution in [1.82, 2.24) is 10.2 Å². The fraction of sp³-hybridized carbons (Fsp3) is 0.250. The van der Waals surface area contributed by atoms with E-state index in [-0.39, 0.29) is 17.9 Å². The number of alkyl halides is 3. The lowest BCUT2D eigenvalue weighted by atomic mass is 10.1. The Hall–Kier alpha value is -3.16. The molecule has 8 heteroatoms. The van der Waals surface area contributed by atoms with Crippen molar-refractivity contribution in [2.24, 2.45) is 4.99 Å². The molecule has 0 fully saturated rings. The van der Waals surface area contributed by atoms with Gasteiger partial charge in [-0.1, -0.05) is 55.5 Å². The van der Waals surface area contributed by atoms with Gasteiger partial charge in [-0.15, -0.1) is 0 Å². The van der Waals surface area contributed by atoms with Gasteiger partial charge in [0.05, 0.1) is 0 Å². The summed E-state index contributed by atoms with van der Waals surface area (Å²) in [6, 6.07) is 15.5. The molecule has 1 heterocycles. The van der Waals surface area contributed by atoms with Gasteiger partial charge in [0, 0.05) is 17.7 Å². The van der Waals surface area contributed by atoms with Gasteiger partial charge in [0.25, 0.3) is 11.8 Å². The Morgan fingerprint density at radius 1 is 1.07 bits per heavy atom. The van der Waals surface area contributed by atoms with Crippen LogP contribution in [0.1, 0.15) is 29.3 Å². The molecule has 3 rings (SSSR count). The van der Waals surface area contributed by atoms with E-state index in [1.807, 2.05) is 5.32 Å². The van der Waals surface area contributed by atoms with Crippen LogP contribution in [0.25, 0.3) is 0 Å². The third kappa shape index (κ3) is 3.37. The summed E-state index contributed by atoms with van der Waals surface area (Å²) < 4.78 is 42.2.